The van der Waals surface area contributed by atoms with Crippen LogP contribution in [0.4, 0.5) is 34.1 Å². The van der Waals surface area contributed by atoms with Gasteiger partial charge in [-0.15, -0.1) is 0 Å². The molecule has 0 aliphatic rings. The van der Waals surface area contributed by atoms with E-state index in [9.17, 15) is 0 Å². The number of aliphatic imine (C=N–C) groups is 4. The first kappa shape index (κ1) is 70.5. The van der Waals surface area contributed by atoms with Crippen LogP contribution in [-0.4, -0.2) is 47.0 Å². The van der Waals surface area contributed by atoms with Crippen LogP contribution in [0.5, 0.6) is 0 Å². The molecule has 7 aromatic rings. The Morgan fingerprint density at radius 2 is 0.662 bits per heavy atom. The number of hydrogen-bond donors (Lipinski definition) is 0. The van der Waals surface area contributed by atoms with E-state index in [2.05, 4.69) is 107 Å². The molecule has 0 saturated carbocycles. The van der Waals surface area contributed by atoms with E-state index < -0.39 is 8.07 Å². The molecule has 0 aliphatic carbocycles. The summed E-state index contributed by atoms with van der Waals surface area (Å²) >= 11 is 72.2. The van der Waals surface area contributed by atoms with Crippen molar-refractivity contribution in [2.24, 2.45) is 20.0 Å². The fraction of sp³-hybridized carbons (Fsp3) is 0.0943. The Balaban J connectivity index is 0.000000346. The molecule has 77 heavy (non-hydrogen) atoms. The second-order valence-corrected chi connectivity index (χ2v) is 26.3. The van der Waals surface area contributed by atoms with Gasteiger partial charge in [0.25, 0.3) is 0 Å². The average molecular weight is 1480 g/mol. The van der Waals surface area contributed by atoms with Crippen LogP contribution in [0.2, 0.25) is 79.9 Å². The van der Waals surface area contributed by atoms with Crippen LogP contribution in [0.25, 0.3) is 27.3 Å². The zero-order chi connectivity index (χ0) is 56.4. The molecule has 0 bridgehead atoms. The predicted molar refractivity (Wildman–Crippen MR) is 339 cm³/mol. The summed E-state index contributed by atoms with van der Waals surface area (Å²) < 4.78 is 0. The summed E-state index contributed by atoms with van der Waals surface area (Å²) in [5, 5.41) is 22.8. The Kier molecular flexibility index (Phi) is 34.3. The van der Waals surface area contributed by atoms with Crippen molar-refractivity contribution >= 4 is 222 Å². The second-order valence-electron chi connectivity index (χ2n) is 16.0. The maximum atomic E-state index is 5.86. The van der Waals surface area contributed by atoms with E-state index >= 15 is 0 Å². The predicted octanol–water partition coefficient (Wildman–Crippen LogP) is 24.6. The van der Waals surface area contributed by atoms with Gasteiger partial charge in [0.05, 0.1) is 8.07 Å². The van der Waals surface area contributed by atoms with Gasteiger partial charge in [-0.25, -0.2) is 0 Å². The summed E-state index contributed by atoms with van der Waals surface area (Å²) in [5.41, 5.74) is 8.38. The van der Waals surface area contributed by atoms with Gasteiger partial charge in [0.15, 0.2) is 0 Å². The van der Waals surface area contributed by atoms with Gasteiger partial charge in [-0.3, -0.25) is 0 Å². The average Bonchev–Trinajstić information content (AvgIpc) is 3.31. The summed E-state index contributed by atoms with van der Waals surface area (Å²) in [6.45, 7) is 6.99. The largest absolute Gasteiger partial charge is 2.00 e. The number of halogens is 13. The van der Waals surface area contributed by atoms with Gasteiger partial charge in [0.1, 0.15) is 0 Å². The number of benzene rings is 7. The molecule has 0 spiro atoms. The Labute approximate surface area is 538 Å². The maximum Gasteiger partial charge on any atom is 2.00 e. The Morgan fingerprint density at radius 3 is 0.883 bits per heavy atom. The molecule has 24 heteroatoms. The van der Waals surface area contributed by atoms with E-state index in [1.807, 2.05) is 17.3 Å². The zero-order valence-corrected chi connectivity index (χ0v) is 55.1. The Morgan fingerprint density at radius 1 is 0.416 bits per heavy atom. The molecule has 0 heterocycles. The first-order valence-corrected chi connectivity index (χ1v) is 31.9. The smallest absolute Gasteiger partial charge is 2.00 e. The number of nitrogens with zero attached hydrogens (tertiary/aromatic N) is 8. The van der Waals surface area contributed by atoms with Gasteiger partial charge >= 0.3 is 46.5 Å². The SMILES string of the molecule is CN=C([N-]C)c1ccc(/C=C/[Si](C)(C)C)cc1.Clc1cc(Cl)cc(N=C[N-]c2cc(Cl)cc(Cl)c2)c1.Clc1cc(Cl)cc(N=C[N-]c2cc(Cl)cc(Cl)c2)c1.Clc1cc(Cl)cc(N=C[N-]c2cc(Cl)cc(Cl)c2)c1.[Cl][Ru+2].[Ru+2]. The molecule has 0 amide bonds. The minimum absolute atomic E-state index is 0. The molecule has 0 aromatic heterocycles. The van der Waals surface area contributed by atoms with E-state index in [1.54, 1.807) is 123 Å². The summed E-state index contributed by atoms with van der Waals surface area (Å²) in [6, 6.07) is 38.4. The van der Waals surface area contributed by atoms with Crippen molar-refractivity contribution < 1.29 is 36.8 Å². The molecular formula is C53H42Cl13N8Ru2Si. The van der Waals surface area contributed by atoms with Crippen LogP contribution in [-0.2, 0) is 36.8 Å². The normalized spacial score (nSPS) is 11.1. The van der Waals surface area contributed by atoms with Gasteiger partial charge in [-0.1, -0.05) is 234 Å². The minimum Gasteiger partial charge on any atom is 2.00 e. The molecule has 7 aromatic carbocycles. The van der Waals surface area contributed by atoms with E-state index in [0.717, 1.165) is 11.4 Å². The molecule has 0 saturated heterocycles. The zero-order valence-electron chi connectivity index (χ0n) is 40.8. The molecule has 405 valence electrons. The van der Waals surface area contributed by atoms with Crippen LogP contribution in [0, 0.1) is 0 Å². The fourth-order valence-corrected chi connectivity index (χ4v) is 9.40. The summed E-state index contributed by atoms with van der Waals surface area (Å²) in [6.07, 6.45) is 6.39. The van der Waals surface area contributed by atoms with E-state index in [-0.39, 0.29) is 19.5 Å². The van der Waals surface area contributed by atoms with Gasteiger partial charge < -0.3 is 41.2 Å². The monoisotopic (exact) mass is 1480 g/mol. The van der Waals surface area contributed by atoms with Crippen molar-refractivity contribution in [3.05, 3.63) is 232 Å². The summed E-state index contributed by atoms with van der Waals surface area (Å²) in [5.74, 6) is 0.797. The van der Waals surface area contributed by atoms with E-state index in [1.165, 1.54) is 24.6 Å². The van der Waals surface area contributed by atoms with Gasteiger partial charge in [-0.05, 0) is 154 Å². The molecule has 8 nitrogen and oxygen atoms in total. The molecule has 0 fully saturated rings. The Bertz CT molecular complexity index is 2760. The summed E-state index contributed by atoms with van der Waals surface area (Å²) in [4.78, 5) is 16.5. The minimum atomic E-state index is -1.11. The topological polar surface area (TPSA) is 106 Å². The van der Waals surface area contributed by atoms with Gasteiger partial charge in [-0.2, -0.15) is 0 Å². The van der Waals surface area contributed by atoms with Crippen molar-refractivity contribution in [3.8, 4) is 0 Å². The van der Waals surface area contributed by atoms with Crippen molar-refractivity contribution in [3.63, 3.8) is 0 Å². The van der Waals surface area contributed by atoms with Gasteiger partial charge in [0.2, 0.25) is 0 Å². The molecule has 0 aliphatic heterocycles. The van der Waals surface area contributed by atoms with Crippen molar-refractivity contribution in [2.75, 3.05) is 14.1 Å². The van der Waals surface area contributed by atoms with Crippen LogP contribution >= 0.6 is 149 Å². The standard InChI is InChI=1S/C14H21N2Si.3C13H7Cl4N2.ClH.2Ru/c1-15-14(16-2)13-8-6-12(7-9-13)10-11-17(3,4)5;3*14-8-1-9(15)4-12(3-8)18-7-19-13-5-10(16)2-11(17)6-13;;;/h6-11H,1-5H3;3*1-7H;1H;;/q4*-1;;+2;+3/p-1/b11-10+;;;;;;. The third-order valence-corrected chi connectivity index (χ3v) is 12.5. The second kappa shape index (κ2) is 37.4. The van der Waals surface area contributed by atoms with Gasteiger partial charge in [0, 0.05) is 60.3 Å². The van der Waals surface area contributed by atoms with Crippen molar-refractivity contribution in [1.29, 1.82) is 0 Å². The molecule has 7 rings (SSSR count). The number of amidine groups is 1. The molecule has 0 unspecified atom stereocenters. The Hall–Kier alpha value is -2.61. The van der Waals surface area contributed by atoms with E-state index in [0.29, 0.717) is 94.4 Å². The maximum absolute atomic E-state index is 5.86. The van der Waals surface area contributed by atoms with Crippen molar-refractivity contribution in [2.45, 2.75) is 19.6 Å². The number of rotatable bonds is 12. The third kappa shape index (κ3) is 30.1. The van der Waals surface area contributed by atoms with Crippen LogP contribution in [0.15, 0.2) is 159 Å². The van der Waals surface area contributed by atoms with Crippen molar-refractivity contribution in [1.82, 2.24) is 0 Å². The van der Waals surface area contributed by atoms with E-state index in [4.69, 9.17) is 139 Å². The fourth-order valence-electron chi connectivity index (χ4n) is 5.62. The molecule has 0 atom stereocenters. The van der Waals surface area contributed by atoms with Crippen LogP contribution < -0.4 is 0 Å². The molecular weight excluding hydrogens is 1440 g/mol. The first-order valence-electron chi connectivity index (χ1n) is 21.5. The molecule has 0 N–H and O–H groups in total. The first-order chi connectivity index (χ1) is 36.0. The van der Waals surface area contributed by atoms with Crippen LogP contribution in [0.1, 0.15) is 11.1 Å². The van der Waals surface area contributed by atoms with Crippen LogP contribution in [0.3, 0.4) is 0 Å². The molecule has 0 radical (unpaired) electrons. The quantitative estimate of drug-likeness (QED) is 0.0660. The third-order valence-electron chi connectivity index (χ3n) is 8.69. The summed E-state index contributed by atoms with van der Waals surface area (Å²) in [7, 11) is 6.99. The number of hydrogen-bond acceptors (Lipinski definition) is 4.